The standard InChI is InChI=1S/C43H60N4O12/c1-11-32-43(8)37(57-41(52)59-43)25(4)33(46-53)23(2)21-42(7,58-40(51)44-18-14-15-28-20-29-16-12-13-17-30(29)45-22-28)36(26(5)34(48)27(6)38(50)55-32)56-39-35(49)31(47(9)10)19-24(3)54-39/h12-17,20,22-27,31-32,35-37,39,49,53H,11,18-19,21H2,1-10H3,(H,44,51)/b15-14-,46-33+/t23-,24-,25-,26+,27-,31+,32+,35-,36-,37-,39+,42+,43-/m1/s1. The first-order chi connectivity index (χ1) is 27.8. The van der Waals surface area contributed by atoms with Crippen molar-refractivity contribution in [3.8, 4) is 0 Å². The van der Waals surface area contributed by atoms with Crippen molar-refractivity contribution in [1.29, 1.82) is 0 Å². The summed E-state index contributed by atoms with van der Waals surface area (Å²) >= 11 is 0. The van der Waals surface area contributed by atoms with E-state index in [1.54, 1.807) is 53.8 Å². The number of rotatable bonds is 8. The molecular weight excluding hydrogens is 764 g/mol. The van der Waals surface area contributed by atoms with Gasteiger partial charge in [-0.1, -0.05) is 63.2 Å². The number of para-hydroxylation sites is 1. The maximum Gasteiger partial charge on any atom is 0.509 e. The van der Waals surface area contributed by atoms with Crippen molar-refractivity contribution < 1.29 is 57.9 Å². The maximum absolute atomic E-state index is 14.5. The number of pyridine rings is 1. The Morgan fingerprint density at radius 2 is 1.80 bits per heavy atom. The van der Waals surface area contributed by atoms with Crippen LogP contribution in [0.2, 0.25) is 0 Å². The molecule has 3 aliphatic rings. The third kappa shape index (κ3) is 9.88. The van der Waals surface area contributed by atoms with Crippen molar-refractivity contribution in [1.82, 2.24) is 15.2 Å². The smallest absolute Gasteiger partial charge is 0.457 e. The number of carbonyl (C=O) groups is 4. The first kappa shape index (κ1) is 45.4. The summed E-state index contributed by atoms with van der Waals surface area (Å²) in [5, 5.41) is 29.5. The number of hydrogen-bond donors (Lipinski definition) is 3. The number of aliphatic hydroxyl groups is 1. The number of carbonyl (C=O) groups excluding carboxylic acids is 4. The first-order valence-corrected chi connectivity index (χ1v) is 20.3. The summed E-state index contributed by atoms with van der Waals surface area (Å²) in [5.74, 6) is -5.53. The van der Waals surface area contributed by atoms with Crippen LogP contribution in [0.5, 0.6) is 0 Å². The second-order valence-corrected chi connectivity index (χ2v) is 16.8. The van der Waals surface area contributed by atoms with Crippen LogP contribution in [0.15, 0.2) is 47.8 Å². The number of Topliss-reactive ketones (excluding diaryl/α,β-unsaturated/α-hetero) is 1. The Morgan fingerprint density at radius 3 is 2.47 bits per heavy atom. The average Bonchev–Trinajstić information content (AvgIpc) is 3.51. The Morgan fingerprint density at radius 1 is 1.08 bits per heavy atom. The topological polar surface area (TPSA) is 205 Å². The largest absolute Gasteiger partial charge is 0.509 e. The van der Waals surface area contributed by atoms with Gasteiger partial charge < -0.3 is 49.0 Å². The van der Waals surface area contributed by atoms with Gasteiger partial charge >= 0.3 is 18.2 Å². The number of aromatic nitrogens is 1. The number of benzene rings is 1. The highest BCUT2D eigenvalue weighted by molar-refractivity contribution is 6.00. The number of esters is 1. The van der Waals surface area contributed by atoms with Crippen molar-refractivity contribution in [3.05, 3.63) is 48.2 Å². The lowest BCUT2D eigenvalue weighted by atomic mass is 9.74. The lowest BCUT2D eigenvalue weighted by Gasteiger charge is -2.47. The summed E-state index contributed by atoms with van der Waals surface area (Å²) in [6, 6.07) is 9.30. The Kier molecular flexibility index (Phi) is 14.4. The second kappa shape index (κ2) is 18.7. The number of ketones is 1. The molecule has 1 aromatic heterocycles. The number of ether oxygens (including phenoxy) is 6. The van der Waals surface area contributed by atoms with E-state index in [0.717, 1.165) is 16.5 Å². The molecule has 0 radical (unpaired) electrons. The normalized spacial score (nSPS) is 36.8. The van der Waals surface area contributed by atoms with E-state index < -0.39 is 89.6 Å². The molecule has 59 heavy (non-hydrogen) atoms. The molecule has 0 saturated carbocycles. The van der Waals surface area contributed by atoms with Crippen LogP contribution in [-0.4, -0.2) is 125 Å². The molecule has 13 atom stereocenters. The zero-order chi connectivity index (χ0) is 43.4. The Bertz CT molecular complexity index is 1910. The number of nitrogens with zero attached hydrogens (tertiary/aromatic N) is 3. The van der Waals surface area contributed by atoms with E-state index in [1.165, 1.54) is 6.92 Å². The highest BCUT2D eigenvalue weighted by Crippen LogP contribution is 2.42. The third-order valence-corrected chi connectivity index (χ3v) is 12.1. The summed E-state index contributed by atoms with van der Waals surface area (Å²) < 4.78 is 36.4. The molecule has 5 rings (SSSR count). The van der Waals surface area contributed by atoms with Gasteiger partial charge in [0.15, 0.2) is 23.8 Å². The molecule has 1 aromatic carbocycles. The van der Waals surface area contributed by atoms with Crippen LogP contribution in [0.1, 0.15) is 80.2 Å². The molecule has 16 heteroatoms. The first-order valence-electron chi connectivity index (χ1n) is 20.3. The summed E-state index contributed by atoms with van der Waals surface area (Å²) in [6.45, 7) is 13.2. The predicted molar refractivity (Wildman–Crippen MR) is 216 cm³/mol. The van der Waals surface area contributed by atoms with Gasteiger partial charge in [-0.25, -0.2) is 9.59 Å². The van der Waals surface area contributed by atoms with Crippen LogP contribution in [0.4, 0.5) is 9.59 Å². The van der Waals surface area contributed by atoms with Crippen molar-refractivity contribution in [2.45, 2.75) is 129 Å². The van der Waals surface area contributed by atoms with Crippen molar-refractivity contribution in [2.75, 3.05) is 20.6 Å². The number of oxime groups is 1. The minimum absolute atomic E-state index is 0.0528. The molecule has 3 saturated heterocycles. The number of likely N-dealkylation sites (N-methyl/N-ethyl adjacent to an activating group) is 1. The molecule has 0 spiro atoms. The quantitative estimate of drug-likeness (QED) is 0.0988. The Labute approximate surface area is 345 Å². The van der Waals surface area contributed by atoms with Gasteiger partial charge in [-0.3, -0.25) is 14.6 Å². The van der Waals surface area contributed by atoms with E-state index in [1.807, 2.05) is 62.3 Å². The summed E-state index contributed by atoms with van der Waals surface area (Å²) in [4.78, 5) is 61.2. The van der Waals surface area contributed by atoms with Gasteiger partial charge in [0.2, 0.25) is 0 Å². The summed E-state index contributed by atoms with van der Waals surface area (Å²) in [6.07, 6.45) is -2.29. The van der Waals surface area contributed by atoms with Gasteiger partial charge in [-0.2, -0.15) is 0 Å². The molecule has 16 nitrogen and oxygen atoms in total. The van der Waals surface area contributed by atoms with E-state index in [4.69, 9.17) is 28.4 Å². The molecule has 3 N–H and O–H groups in total. The van der Waals surface area contributed by atoms with Gasteiger partial charge in [0.05, 0.1) is 17.3 Å². The predicted octanol–water partition coefficient (Wildman–Crippen LogP) is 5.51. The van der Waals surface area contributed by atoms with Crippen LogP contribution < -0.4 is 5.32 Å². The lowest BCUT2D eigenvalue weighted by Crippen LogP contribution is -2.60. The molecule has 1 amide bonds. The fourth-order valence-electron chi connectivity index (χ4n) is 8.91. The van der Waals surface area contributed by atoms with Crippen LogP contribution in [-0.2, 0) is 38.0 Å². The third-order valence-electron chi connectivity index (χ3n) is 12.1. The van der Waals surface area contributed by atoms with E-state index in [-0.39, 0.29) is 37.2 Å². The van der Waals surface area contributed by atoms with Gasteiger partial charge in [-0.15, -0.1) is 0 Å². The van der Waals surface area contributed by atoms with Crippen LogP contribution in [0, 0.1) is 23.7 Å². The summed E-state index contributed by atoms with van der Waals surface area (Å²) in [7, 11) is 3.65. The monoisotopic (exact) mass is 824 g/mol. The van der Waals surface area contributed by atoms with E-state index in [9.17, 15) is 29.5 Å². The van der Waals surface area contributed by atoms with Crippen molar-refractivity contribution in [2.24, 2.45) is 28.8 Å². The van der Waals surface area contributed by atoms with Crippen molar-refractivity contribution in [3.63, 3.8) is 0 Å². The number of hydrogen-bond acceptors (Lipinski definition) is 15. The van der Waals surface area contributed by atoms with Crippen LogP contribution >= 0.6 is 0 Å². The highest BCUT2D eigenvalue weighted by atomic mass is 16.8. The number of nitrogens with one attached hydrogen (secondary N) is 1. The van der Waals surface area contributed by atoms with Crippen LogP contribution in [0.25, 0.3) is 17.0 Å². The highest BCUT2D eigenvalue weighted by Gasteiger charge is 2.59. The van der Waals surface area contributed by atoms with E-state index >= 15 is 0 Å². The minimum atomic E-state index is -1.73. The molecule has 0 bridgehead atoms. The zero-order valence-corrected chi connectivity index (χ0v) is 35.6. The van der Waals surface area contributed by atoms with E-state index in [0.29, 0.717) is 6.42 Å². The number of amides is 1. The lowest BCUT2D eigenvalue weighted by molar-refractivity contribution is -0.292. The van der Waals surface area contributed by atoms with E-state index in [2.05, 4.69) is 15.5 Å². The minimum Gasteiger partial charge on any atom is -0.457 e. The Hall–Kier alpha value is -4.64. The second-order valence-electron chi connectivity index (χ2n) is 16.8. The fraction of sp³-hybridized carbons (Fsp3) is 0.628. The Balaban J connectivity index is 1.53. The molecule has 4 heterocycles. The molecular formula is C43H60N4O12. The fourth-order valence-corrected chi connectivity index (χ4v) is 8.91. The molecule has 3 aliphatic heterocycles. The molecule has 0 unspecified atom stereocenters. The van der Waals surface area contributed by atoms with Gasteiger partial charge in [0.1, 0.15) is 29.8 Å². The maximum atomic E-state index is 14.5. The number of alkyl carbamates (subject to hydrolysis) is 1. The summed E-state index contributed by atoms with van der Waals surface area (Å²) in [5.41, 5.74) is -1.43. The number of cyclic esters (lactones) is 1. The van der Waals surface area contributed by atoms with Crippen molar-refractivity contribution >= 4 is 46.7 Å². The molecule has 324 valence electrons. The number of aliphatic hydroxyl groups excluding tert-OH is 1. The van der Waals surface area contributed by atoms with Gasteiger partial charge in [0.25, 0.3) is 0 Å². The average molecular weight is 825 g/mol. The zero-order valence-electron chi connectivity index (χ0n) is 35.6. The molecule has 0 aliphatic carbocycles. The molecule has 2 aromatic rings. The SMILES string of the molecule is CC[C@@H]1OC(=O)[C@H](C)C(=O)[C@H](C)[C@@H](O[C@@H]2O[C@H](C)C[C@H](N(C)C)[C@H]2O)[C@@](C)(OC(=O)NC/C=C\c2cnc3ccccc3c2)C[C@@H](C)/C(=N\O)[C@@H](C)[C@H]2OC(=O)O[C@]12C. The van der Waals surface area contributed by atoms with Gasteiger partial charge in [-0.05, 0) is 78.7 Å². The van der Waals surface area contributed by atoms with Crippen LogP contribution in [0.3, 0.4) is 0 Å². The van der Waals surface area contributed by atoms with Gasteiger partial charge in [0, 0.05) is 41.9 Å². The number of fused-ring (bicyclic) bond motifs is 2. The molecule has 3 fully saturated rings.